The summed E-state index contributed by atoms with van der Waals surface area (Å²) in [5.74, 6) is -1.26. The molecular formula is C16H14N4O4. The first-order chi connectivity index (χ1) is 11.5. The molecule has 0 saturated heterocycles. The number of aromatic nitrogens is 3. The third-order valence-corrected chi connectivity index (χ3v) is 3.65. The van der Waals surface area contributed by atoms with E-state index < -0.39 is 5.97 Å². The number of nitrogens with zero attached hydrogens (tertiary/aromatic N) is 3. The molecule has 0 unspecified atom stereocenters. The Morgan fingerprint density at radius 1 is 1.29 bits per heavy atom. The van der Waals surface area contributed by atoms with Crippen molar-refractivity contribution in [2.45, 2.75) is 0 Å². The van der Waals surface area contributed by atoms with Gasteiger partial charge in [-0.15, -0.1) is 0 Å². The molecule has 0 bridgehead atoms. The van der Waals surface area contributed by atoms with Crippen LogP contribution in [0.3, 0.4) is 0 Å². The zero-order chi connectivity index (χ0) is 17.3. The summed E-state index contributed by atoms with van der Waals surface area (Å²) in [6, 6.07) is 7.96. The number of aromatic carboxylic acids is 1. The molecule has 0 aliphatic carbocycles. The SMILES string of the molecule is COc1ccc(N(C)C(=O)c2[nH]nc3ncccc23)cc1C(=O)O. The number of methoxy groups -OCH3 is 1. The number of ether oxygens (including phenoxy) is 1. The van der Waals surface area contributed by atoms with Crippen molar-refractivity contribution in [1.29, 1.82) is 0 Å². The number of carboxylic acids is 1. The van der Waals surface area contributed by atoms with E-state index in [0.29, 0.717) is 16.7 Å². The maximum atomic E-state index is 12.7. The zero-order valence-electron chi connectivity index (χ0n) is 13.0. The van der Waals surface area contributed by atoms with E-state index >= 15 is 0 Å². The Balaban J connectivity index is 1.99. The van der Waals surface area contributed by atoms with Gasteiger partial charge in [0.1, 0.15) is 17.0 Å². The molecule has 0 atom stereocenters. The summed E-state index contributed by atoms with van der Waals surface area (Å²) < 4.78 is 5.02. The van der Waals surface area contributed by atoms with E-state index in [2.05, 4.69) is 15.2 Å². The molecule has 8 nitrogen and oxygen atoms in total. The van der Waals surface area contributed by atoms with Crippen molar-refractivity contribution in [2.75, 3.05) is 19.1 Å². The fourth-order valence-corrected chi connectivity index (χ4v) is 2.37. The van der Waals surface area contributed by atoms with Crippen molar-refractivity contribution >= 4 is 28.6 Å². The second-order valence-corrected chi connectivity index (χ2v) is 5.03. The van der Waals surface area contributed by atoms with Crippen LogP contribution in [0.15, 0.2) is 36.5 Å². The second-order valence-electron chi connectivity index (χ2n) is 5.03. The van der Waals surface area contributed by atoms with Crippen molar-refractivity contribution in [3.63, 3.8) is 0 Å². The molecule has 0 aliphatic rings. The van der Waals surface area contributed by atoms with Crippen LogP contribution in [-0.4, -0.2) is 46.3 Å². The average molecular weight is 326 g/mol. The molecule has 1 aromatic carbocycles. The number of pyridine rings is 1. The van der Waals surface area contributed by atoms with Gasteiger partial charge in [-0.3, -0.25) is 9.89 Å². The minimum atomic E-state index is -1.13. The molecule has 0 spiro atoms. The average Bonchev–Trinajstić information content (AvgIpc) is 3.03. The van der Waals surface area contributed by atoms with Crippen LogP contribution in [0, 0.1) is 0 Å². The Bertz CT molecular complexity index is 935. The zero-order valence-corrected chi connectivity index (χ0v) is 13.0. The predicted octanol–water partition coefficient (Wildman–Crippen LogP) is 1.94. The van der Waals surface area contributed by atoms with Crippen LogP contribution in [-0.2, 0) is 0 Å². The third kappa shape index (κ3) is 2.54. The molecule has 1 amide bonds. The van der Waals surface area contributed by atoms with E-state index in [9.17, 15) is 14.7 Å². The van der Waals surface area contributed by atoms with Gasteiger partial charge in [-0.05, 0) is 30.3 Å². The van der Waals surface area contributed by atoms with E-state index in [1.165, 1.54) is 24.1 Å². The van der Waals surface area contributed by atoms with Crippen molar-refractivity contribution < 1.29 is 19.4 Å². The largest absolute Gasteiger partial charge is 0.496 e. The minimum absolute atomic E-state index is 0.0224. The fraction of sp³-hybridized carbons (Fsp3) is 0.125. The molecule has 8 heteroatoms. The number of H-pyrrole nitrogens is 1. The summed E-state index contributed by atoms with van der Waals surface area (Å²) >= 11 is 0. The van der Waals surface area contributed by atoms with Gasteiger partial charge < -0.3 is 14.7 Å². The van der Waals surface area contributed by atoms with E-state index in [-0.39, 0.29) is 22.9 Å². The van der Waals surface area contributed by atoms with Gasteiger partial charge in [-0.1, -0.05) is 0 Å². The highest BCUT2D eigenvalue weighted by Gasteiger charge is 2.21. The number of anilines is 1. The summed E-state index contributed by atoms with van der Waals surface area (Å²) in [4.78, 5) is 29.4. The number of benzene rings is 1. The normalized spacial score (nSPS) is 10.6. The number of hydrogen-bond donors (Lipinski definition) is 2. The molecule has 24 heavy (non-hydrogen) atoms. The summed E-state index contributed by atoms with van der Waals surface area (Å²) in [6.45, 7) is 0. The quantitative estimate of drug-likeness (QED) is 0.758. The van der Waals surface area contributed by atoms with Gasteiger partial charge >= 0.3 is 5.97 Å². The van der Waals surface area contributed by atoms with E-state index in [4.69, 9.17) is 4.74 Å². The number of rotatable bonds is 4. The Morgan fingerprint density at radius 2 is 2.08 bits per heavy atom. The van der Waals surface area contributed by atoms with E-state index in [0.717, 1.165) is 0 Å². The first-order valence-electron chi connectivity index (χ1n) is 7.01. The van der Waals surface area contributed by atoms with Crippen LogP contribution in [0.2, 0.25) is 0 Å². The lowest BCUT2D eigenvalue weighted by Crippen LogP contribution is -2.27. The fourth-order valence-electron chi connectivity index (χ4n) is 2.37. The van der Waals surface area contributed by atoms with Crippen LogP contribution in [0.1, 0.15) is 20.8 Å². The molecule has 2 heterocycles. The topological polar surface area (TPSA) is 108 Å². The number of nitrogens with one attached hydrogen (secondary N) is 1. The van der Waals surface area contributed by atoms with Crippen LogP contribution in [0.5, 0.6) is 5.75 Å². The van der Waals surface area contributed by atoms with Crippen molar-refractivity contribution in [3.05, 3.63) is 47.8 Å². The van der Waals surface area contributed by atoms with Gasteiger partial charge in [0.05, 0.1) is 12.5 Å². The number of carbonyl (C=O) groups is 2. The maximum absolute atomic E-state index is 12.7. The molecule has 2 N–H and O–H groups in total. The van der Waals surface area contributed by atoms with E-state index in [1.807, 2.05) is 0 Å². The maximum Gasteiger partial charge on any atom is 0.339 e. The summed E-state index contributed by atoms with van der Waals surface area (Å²) in [5.41, 5.74) is 1.12. The second kappa shape index (κ2) is 5.99. The van der Waals surface area contributed by atoms with Crippen LogP contribution in [0.4, 0.5) is 5.69 Å². The first kappa shape index (κ1) is 15.5. The van der Waals surface area contributed by atoms with Crippen LogP contribution < -0.4 is 9.64 Å². The molecule has 2 aromatic heterocycles. The smallest absolute Gasteiger partial charge is 0.339 e. The molecule has 0 radical (unpaired) electrons. The lowest BCUT2D eigenvalue weighted by molar-refractivity contribution is 0.0693. The standard InChI is InChI=1S/C16H14N4O4/c1-20(9-5-6-12(24-2)11(8-9)16(22)23)15(21)13-10-4-3-7-17-14(10)19-18-13/h3-8H,1-2H3,(H,22,23)(H,17,18,19). The lowest BCUT2D eigenvalue weighted by atomic mass is 10.1. The highest BCUT2D eigenvalue weighted by atomic mass is 16.5. The highest BCUT2D eigenvalue weighted by molar-refractivity contribution is 6.12. The van der Waals surface area contributed by atoms with Gasteiger partial charge in [0.25, 0.3) is 5.91 Å². The van der Waals surface area contributed by atoms with Gasteiger partial charge in [0, 0.05) is 18.9 Å². The number of fused-ring (bicyclic) bond motifs is 1. The Hall–Kier alpha value is -3.42. The Kier molecular flexibility index (Phi) is 3.87. The Labute approximate surface area is 136 Å². The third-order valence-electron chi connectivity index (χ3n) is 3.65. The van der Waals surface area contributed by atoms with Crippen molar-refractivity contribution in [3.8, 4) is 5.75 Å². The number of aromatic amines is 1. The van der Waals surface area contributed by atoms with Gasteiger partial charge in [-0.25, -0.2) is 9.78 Å². The lowest BCUT2D eigenvalue weighted by Gasteiger charge is -2.18. The highest BCUT2D eigenvalue weighted by Crippen LogP contribution is 2.26. The molecule has 0 fully saturated rings. The predicted molar refractivity (Wildman–Crippen MR) is 86.6 cm³/mol. The minimum Gasteiger partial charge on any atom is -0.496 e. The van der Waals surface area contributed by atoms with Gasteiger partial charge in [0.2, 0.25) is 0 Å². The number of hydrogen-bond acceptors (Lipinski definition) is 5. The molecule has 122 valence electrons. The number of carbonyl (C=O) groups excluding carboxylic acids is 1. The molecule has 3 rings (SSSR count). The number of carboxylic acid groups (broad SMARTS) is 1. The summed E-state index contributed by atoms with van der Waals surface area (Å²) in [6.07, 6.45) is 1.59. The van der Waals surface area contributed by atoms with Crippen LogP contribution >= 0.6 is 0 Å². The summed E-state index contributed by atoms with van der Waals surface area (Å²) in [7, 11) is 2.94. The van der Waals surface area contributed by atoms with Crippen LogP contribution in [0.25, 0.3) is 11.0 Å². The molecule has 3 aromatic rings. The summed E-state index contributed by atoms with van der Waals surface area (Å²) in [5, 5.41) is 16.5. The van der Waals surface area contributed by atoms with E-state index in [1.54, 1.807) is 31.4 Å². The Morgan fingerprint density at radius 3 is 2.79 bits per heavy atom. The monoisotopic (exact) mass is 326 g/mol. The van der Waals surface area contributed by atoms with Crippen molar-refractivity contribution in [1.82, 2.24) is 15.2 Å². The van der Waals surface area contributed by atoms with Crippen molar-refractivity contribution in [2.24, 2.45) is 0 Å². The molecule has 0 saturated carbocycles. The number of amides is 1. The molecular weight excluding hydrogens is 312 g/mol. The first-order valence-corrected chi connectivity index (χ1v) is 7.01. The van der Waals surface area contributed by atoms with Gasteiger partial charge in [-0.2, -0.15) is 5.10 Å². The van der Waals surface area contributed by atoms with Gasteiger partial charge in [0.15, 0.2) is 5.65 Å². The molecule has 0 aliphatic heterocycles.